The molecule has 3 aromatic rings. The fourth-order valence-electron chi connectivity index (χ4n) is 3.51. The second-order valence-corrected chi connectivity index (χ2v) is 7.96. The van der Waals surface area contributed by atoms with Gasteiger partial charge in [-0.05, 0) is 23.6 Å². The van der Waals surface area contributed by atoms with Crippen LogP contribution in [0.25, 0.3) is 0 Å². The van der Waals surface area contributed by atoms with Crippen molar-refractivity contribution in [3.63, 3.8) is 0 Å². The maximum Gasteiger partial charge on any atom is 0.214 e. The van der Waals surface area contributed by atoms with Gasteiger partial charge in [0.05, 0.1) is 16.6 Å². The molecule has 3 nitrogen and oxygen atoms in total. The number of fused-ring (bicyclic) bond motifs is 3. The molecule has 3 heterocycles. The quantitative estimate of drug-likeness (QED) is 0.536. The van der Waals surface area contributed by atoms with Gasteiger partial charge in [0, 0.05) is 22.0 Å². The fraction of sp³-hybridized carbons (Fsp3) is 0.150. The maximum absolute atomic E-state index is 6.37. The van der Waals surface area contributed by atoms with Gasteiger partial charge in [-0.3, -0.25) is 0 Å². The van der Waals surface area contributed by atoms with Crippen LogP contribution in [0, 0.1) is 0 Å². The van der Waals surface area contributed by atoms with Crippen LogP contribution in [0.1, 0.15) is 34.7 Å². The summed E-state index contributed by atoms with van der Waals surface area (Å²) < 4.78 is 7.41. The predicted molar refractivity (Wildman–Crippen MR) is 104 cm³/mol. The number of para-hydroxylation sites is 1. The van der Waals surface area contributed by atoms with E-state index in [9.17, 15) is 0 Å². The summed E-state index contributed by atoms with van der Waals surface area (Å²) in [5.41, 5.74) is 3.44. The van der Waals surface area contributed by atoms with Crippen molar-refractivity contribution in [1.29, 1.82) is 0 Å². The topological polar surface area (TPSA) is 24.8 Å². The Hall–Kier alpha value is -2.11. The first-order valence-corrected chi connectivity index (χ1v) is 9.88. The SMILES string of the molecule is Brc1ccccc1[C@@H]1Oc2ccccc2[C@H]2CC(c3cccs3)=NN21. The lowest BCUT2D eigenvalue weighted by molar-refractivity contribution is -0.0195. The molecule has 0 bridgehead atoms. The van der Waals surface area contributed by atoms with Crippen molar-refractivity contribution in [2.45, 2.75) is 18.7 Å². The Kier molecular flexibility index (Phi) is 3.64. The van der Waals surface area contributed by atoms with Crippen molar-refractivity contribution in [3.8, 4) is 5.75 Å². The highest BCUT2D eigenvalue weighted by atomic mass is 79.9. The number of hydrazone groups is 1. The molecule has 5 heteroatoms. The van der Waals surface area contributed by atoms with Crippen LogP contribution in [-0.2, 0) is 0 Å². The normalized spacial score (nSPS) is 21.3. The largest absolute Gasteiger partial charge is 0.464 e. The van der Waals surface area contributed by atoms with Crippen molar-refractivity contribution < 1.29 is 4.74 Å². The van der Waals surface area contributed by atoms with Gasteiger partial charge in [0.2, 0.25) is 6.23 Å². The first-order valence-electron chi connectivity index (χ1n) is 8.21. The van der Waals surface area contributed by atoms with Gasteiger partial charge in [-0.1, -0.05) is 58.4 Å². The molecule has 0 amide bonds. The molecule has 5 rings (SSSR count). The number of ether oxygens (including phenoxy) is 1. The number of nitrogens with zero attached hydrogens (tertiary/aromatic N) is 2. The summed E-state index contributed by atoms with van der Waals surface area (Å²) >= 11 is 5.41. The standard InChI is InChI=1S/C20H15BrN2OS/c21-15-8-3-1-6-13(15)20-23-17(14-7-2-4-9-18(14)24-20)12-16(22-23)19-10-5-11-25-19/h1-11,17,20H,12H2/t17-,20+/m1/s1. The Morgan fingerprint density at radius 2 is 1.80 bits per heavy atom. The molecular weight excluding hydrogens is 396 g/mol. The smallest absolute Gasteiger partial charge is 0.214 e. The van der Waals surface area contributed by atoms with Crippen LogP contribution in [0.4, 0.5) is 0 Å². The molecule has 0 fully saturated rings. The molecule has 0 N–H and O–H groups in total. The maximum atomic E-state index is 6.37. The van der Waals surface area contributed by atoms with Crippen molar-refractivity contribution in [2.24, 2.45) is 5.10 Å². The first-order chi connectivity index (χ1) is 12.3. The molecule has 0 spiro atoms. The van der Waals surface area contributed by atoms with Crippen LogP contribution < -0.4 is 4.74 Å². The van der Waals surface area contributed by atoms with E-state index in [2.05, 4.69) is 62.7 Å². The first kappa shape index (κ1) is 15.2. The minimum atomic E-state index is -0.229. The zero-order valence-corrected chi connectivity index (χ0v) is 15.7. The number of benzene rings is 2. The number of hydrogen-bond acceptors (Lipinski definition) is 4. The average molecular weight is 411 g/mol. The third-order valence-electron chi connectivity index (χ3n) is 4.68. The number of hydrogen-bond donors (Lipinski definition) is 0. The lowest BCUT2D eigenvalue weighted by atomic mass is 9.98. The van der Waals surface area contributed by atoms with Crippen LogP contribution in [0.3, 0.4) is 0 Å². The van der Waals surface area contributed by atoms with Crippen molar-refractivity contribution in [2.75, 3.05) is 0 Å². The highest BCUT2D eigenvalue weighted by Crippen LogP contribution is 2.48. The van der Waals surface area contributed by atoms with Gasteiger partial charge in [0.1, 0.15) is 5.75 Å². The van der Waals surface area contributed by atoms with E-state index in [1.54, 1.807) is 11.3 Å². The molecule has 1 aromatic heterocycles. The van der Waals surface area contributed by atoms with E-state index in [-0.39, 0.29) is 12.3 Å². The molecule has 0 unspecified atom stereocenters. The number of rotatable bonds is 2. The molecule has 0 saturated heterocycles. The summed E-state index contributed by atoms with van der Waals surface area (Å²) in [6, 6.07) is 20.9. The molecule has 0 aliphatic carbocycles. The molecule has 2 aromatic carbocycles. The lowest BCUT2D eigenvalue weighted by Crippen LogP contribution is -2.33. The molecule has 2 aliphatic rings. The van der Waals surface area contributed by atoms with Gasteiger partial charge in [-0.2, -0.15) is 5.10 Å². The Bertz CT molecular complexity index is 954. The lowest BCUT2D eigenvalue weighted by Gasteiger charge is -2.38. The third kappa shape index (κ3) is 2.50. The van der Waals surface area contributed by atoms with Gasteiger partial charge >= 0.3 is 0 Å². The minimum absolute atomic E-state index is 0.208. The average Bonchev–Trinajstić information content (AvgIpc) is 3.31. The zero-order chi connectivity index (χ0) is 16.8. The second kappa shape index (κ2) is 6.00. The number of halogens is 1. The Balaban J connectivity index is 1.63. The van der Waals surface area contributed by atoms with Crippen LogP contribution in [-0.4, -0.2) is 10.7 Å². The van der Waals surface area contributed by atoms with E-state index in [1.807, 2.05) is 24.3 Å². The van der Waals surface area contributed by atoms with E-state index < -0.39 is 0 Å². The van der Waals surface area contributed by atoms with E-state index in [0.717, 1.165) is 27.9 Å². The summed E-state index contributed by atoms with van der Waals surface area (Å²) in [7, 11) is 0. The van der Waals surface area contributed by atoms with Crippen molar-refractivity contribution >= 4 is 33.0 Å². The van der Waals surface area contributed by atoms with Crippen LogP contribution in [0.2, 0.25) is 0 Å². The summed E-state index contributed by atoms with van der Waals surface area (Å²) in [6.45, 7) is 0. The van der Waals surface area contributed by atoms with Gasteiger partial charge < -0.3 is 4.74 Å². The van der Waals surface area contributed by atoms with Crippen LogP contribution in [0.5, 0.6) is 5.75 Å². The van der Waals surface area contributed by atoms with E-state index >= 15 is 0 Å². The van der Waals surface area contributed by atoms with E-state index in [1.165, 1.54) is 10.4 Å². The Labute approximate surface area is 158 Å². The monoisotopic (exact) mass is 410 g/mol. The van der Waals surface area contributed by atoms with Crippen LogP contribution in [0.15, 0.2) is 75.6 Å². The van der Waals surface area contributed by atoms with Crippen LogP contribution >= 0.6 is 27.3 Å². The zero-order valence-electron chi connectivity index (χ0n) is 13.3. The summed E-state index contributed by atoms with van der Waals surface area (Å²) in [5, 5.41) is 9.19. The Morgan fingerprint density at radius 3 is 2.60 bits per heavy atom. The van der Waals surface area contributed by atoms with E-state index in [0.29, 0.717) is 0 Å². The Morgan fingerprint density at radius 1 is 1.00 bits per heavy atom. The van der Waals surface area contributed by atoms with Crippen molar-refractivity contribution in [1.82, 2.24) is 5.01 Å². The van der Waals surface area contributed by atoms with Crippen molar-refractivity contribution in [3.05, 3.63) is 86.5 Å². The summed E-state index contributed by atoms with van der Waals surface area (Å²) in [5.74, 6) is 0.951. The molecule has 124 valence electrons. The molecule has 0 saturated carbocycles. The fourth-order valence-corrected chi connectivity index (χ4v) is 4.71. The van der Waals surface area contributed by atoms with E-state index in [4.69, 9.17) is 9.84 Å². The molecule has 2 aliphatic heterocycles. The molecule has 25 heavy (non-hydrogen) atoms. The highest BCUT2D eigenvalue weighted by molar-refractivity contribution is 9.10. The molecule has 0 radical (unpaired) electrons. The second-order valence-electron chi connectivity index (χ2n) is 6.15. The third-order valence-corrected chi connectivity index (χ3v) is 6.32. The van der Waals surface area contributed by atoms with Gasteiger partial charge in [0.25, 0.3) is 0 Å². The number of thiophene rings is 1. The molecule has 2 atom stereocenters. The predicted octanol–water partition coefficient (Wildman–Crippen LogP) is 5.75. The summed E-state index contributed by atoms with van der Waals surface area (Å²) in [4.78, 5) is 1.23. The van der Waals surface area contributed by atoms with Gasteiger partial charge in [-0.25, -0.2) is 5.01 Å². The summed E-state index contributed by atoms with van der Waals surface area (Å²) in [6.07, 6.45) is 0.676. The minimum Gasteiger partial charge on any atom is -0.464 e. The molecular formula is C20H15BrN2OS. The highest BCUT2D eigenvalue weighted by Gasteiger charge is 2.41. The van der Waals surface area contributed by atoms with Gasteiger partial charge in [-0.15, -0.1) is 11.3 Å². The van der Waals surface area contributed by atoms with Gasteiger partial charge in [0.15, 0.2) is 0 Å².